The molecular formula is C13H9F16N. The predicted octanol–water partition coefficient (Wildman–Crippen LogP) is 6.61. The van der Waals surface area contributed by atoms with Crippen molar-refractivity contribution >= 4 is 0 Å². The molecule has 0 N–H and O–H groups in total. The van der Waals surface area contributed by atoms with Gasteiger partial charge in [0.25, 0.3) is 5.54 Å². The first-order valence-electron chi connectivity index (χ1n) is 7.49. The number of rotatable bonds is 4. The Morgan fingerprint density at radius 1 is 0.667 bits per heavy atom. The molecule has 178 valence electrons. The fraction of sp³-hybridized carbons (Fsp3) is 0.846. The monoisotopic (exact) mass is 483 g/mol. The Labute approximate surface area is 156 Å². The molecule has 1 aliphatic heterocycles. The number of hydrogen-bond acceptors (Lipinski definition) is 1. The number of halogens is 16. The van der Waals surface area contributed by atoms with E-state index in [0.717, 1.165) is 6.92 Å². The number of hydrogen-bond donors (Lipinski definition) is 0. The molecule has 1 nitrogen and oxygen atoms in total. The lowest BCUT2D eigenvalue weighted by molar-refractivity contribution is -0.379. The van der Waals surface area contributed by atoms with Crippen LogP contribution in [0.3, 0.4) is 0 Å². The minimum atomic E-state index is -7.64. The third kappa shape index (κ3) is 3.44. The summed E-state index contributed by atoms with van der Waals surface area (Å²) in [5, 5.41) is 0. The minimum absolute atomic E-state index is 0.401. The molecule has 1 aliphatic rings. The van der Waals surface area contributed by atoms with Gasteiger partial charge in [0.05, 0.1) is 5.57 Å². The van der Waals surface area contributed by atoms with Crippen molar-refractivity contribution < 1.29 is 70.2 Å². The molecule has 0 radical (unpaired) electrons. The Bertz CT molecular complexity index is 642. The highest BCUT2D eigenvalue weighted by molar-refractivity contribution is 5.52. The smallest absolute Gasteiger partial charge is 0.342 e. The van der Waals surface area contributed by atoms with Crippen LogP contribution < -0.4 is 0 Å². The van der Waals surface area contributed by atoms with Gasteiger partial charge in [-0.15, -0.1) is 0 Å². The van der Waals surface area contributed by atoms with Gasteiger partial charge in [0.2, 0.25) is 0 Å². The quantitative estimate of drug-likeness (QED) is 0.407. The summed E-state index contributed by atoms with van der Waals surface area (Å²) in [4.78, 5) is -1.74. The Balaban J connectivity index is 4.30. The van der Waals surface area contributed by atoms with E-state index >= 15 is 0 Å². The summed E-state index contributed by atoms with van der Waals surface area (Å²) in [6.45, 7) is -0.856. The Hall–Kier alpha value is -1.58. The van der Waals surface area contributed by atoms with Crippen LogP contribution in [0.15, 0.2) is 11.3 Å². The molecule has 30 heavy (non-hydrogen) atoms. The molecule has 0 aromatic rings. The maximum atomic E-state index is 14.2. The molecule has 0 saturated carbocycles. The van der Waals surface area contributed by atoms with E-state index in [1.807, 2.05) is 0 Å². The first-order valence-corrected chi connectivity index (χ1v) is 7.49. The predicted molar refractivity (Wildman–Crippen MR) is 65.5 cm³/mol. The van der Waals surface area contributed by atoms with Crippen LogP contribution in [0.4, 0.5) is 70.2 Å². The van der Waals surface area contributed by atoms with Crippen molar-refractivity contribution in [3.05, 3.63) is 11.3 Å². The summed E-state index contributed by atoms with van der Waals surface area (Å²) in [5.41, 5.74) is -22.3. The maximum Gasteiger partial charge on any atom is 0.435 e. The number of nitrogens with zero attached hydrogens (tertiary/aromatic N) is 1. The molecule has 0 atom stereocenters. The minimum Gasteiger partial charge on any atom is -0.342 e. The highest BCUT2D eigenvalue weighted by Gasteiger charge is 2.92. The fourth-order valence-electron chi connectivity index (χ4n) is 3.05. The lowest BCUT2D eigenvalue weighted by Crippen LogP contribution is -2.81. The molecule has 1 heterocycles. The zero-order valence-electron chi connectivity index (χ0n) is 14.1. The van der Waals surface area contributed by atoms with Gasteiger partial charge in [-0.2, -0.15) is 65.9 Å². The Morgan fingerprint density at radius 2 is 1.03 bits per heavy atom. The first kappa shape index (κ1) is 26.5. The van der Waals surface area contributed by atoms with Crippen LogP contribution in [0.1, 0.15) is 19.8 Å². The first-order chi connectivity index (χ1) is 12.9. The van der Waals surface area contributed by atoms with Gasteiger partial charge >= 0.3 is 36.6 Å². The normalized spacial score (nSPS) is 19.3. The lowest BCUT2D eigenvalue weighted by atomic mass is 9.68. The van der Waals surface area contributed by atoms with E-state index in [4.69, 9.17) is 0 Å². The average molecular weight is 483 g/mol. The van der Waals surface area contributed by atoms with Gasteiger partial charge in [-0.1, -0.05) is 13.3 Å². The molecule has 0 amide bonds. The molecule has 0 unspecified atom stereocenters. The van der Waals surface area contributed by atoms with E-state index < -0.39 is 77.6 Å². The van der Waals surface area contributed by atoms with E-state index in [1.165, 1.54) is 0 Å². The summed E-state index contributed by atoms with van der Waals surface area (Å²) in [6.07, 6.45) is -37.7. The highest BCUT2D eigenvalue weighted by atomic mass is 19.4. The molecule has 0 fully saturated rings. The van der Waals surface area contributed by atoms with Crippen molar-refractivity contribution in [2.24, 2.45) is 0 Å². The van der Waals surface area contributed by atoms with Crippen molar-refractivity contribution in [1.29, 1.82) is 0 Å². The number of unbranched alkanes of at least 4 members (excludes halogenated alkanes) is 1. The van der Waals surface area contributed by atoms with Crippen molar-refractivity contribution in [3.63, 3.8) is 0 Å². The van der Waals surface area contributed by atoms with Crippen LogP contribution in [0, 0.1) is 0 Å². The Kier molecular flexibility index (Phi) is 6.14. The van der Waals surface area contributed by atoms with Crippen molar-refractivity contribution in [2.75, 3.05) is 6.54 Å². The third-order valence-electron chi connectivity index (χ3n) is 4.22. The van der Waals surface area contributed by atoms with Gasteiger partial charge in [0.15, 0.2) is 0 Å². The van der Waals surface area contributed by atoms with E-state index in [0.29, 0.717) is 0 Å². The molecule has 17 heteroatoms. The summed E-state index contributed by atoms with van der Waals surface area (Å²) < 4.78 is 211. The topological polar surface area (TPSA) is 3.24 Å². The Morgan fingerprint density at radius 3 is 1.27 bits per heavy atom. The van der Waals surface area contributed by atoms with Crippen LogP contribution in [0.25, 0.3) is 0 Å². The van der Waals surface area contributed by atoms with Gasteiger partial charge < -0.3 is 4.90 Å². The average Bonchev–Trinajstić information content (AvgIpc) is 2.38. The molecule has 0 bridgehead atoms. The van der Waals surface area contributed by atoms with Crippen LogP contribution in [-0.2, 0) is 0 Å². The zero-order chi connectivity index (χ0) is 24.4. The summed E-state index contributed by atoms with van der Waals surface area (Å²) in [6, 6.07) is 0. The van der Waals surface area contributed by atoms with E-state index in [-0.39, 0.29) is 0 Å². The molecule has 0 saturated heterocycles. The molecule has 0 spiro atoms. The van der Waals surface area contributed by atoms with Gasteiger partial charge in [-0.05, 0) is 6.42 Å². The van der Waals surface area contributed by atoms with Gasteiger partial charge in [-0.25, -0.2) is 4.39 Å². The zero-order valence-corrected chi connectivity index (χ0v) is 14.1. The van der Waals surface area contributed by atoms with Gasteiger partial charge in [0, 0.05) is 6.54 Å². The molecule has 0 aromatic carbocycles. The van der Waals surface area contributed by atoms with E-state index in [2.05, 4.69) is 0 Å². The largest absolute Gasteiger partial charge is 0.435 e. The van der Waals surface area contributed by atoms with Crippen LogP contribution >= 0.6 is 0 Å². The molecule has 1 rings (SSSR count). The molecule has 0 aromatic heterocycles. The van der Waals surface area contributed by atoms with E-state index in [9.17, 15) is 70.2 Å². The van der Waals surface area contributed by atoms with Crippen molar-refractivity contribution in [2.45, 2.75) is 61.9 Å². The molecular weight excluding hydrogens is 474 g/mol. The van der Waals surface area contributed by atoms with Crippen LogP contribution in [0.5, 0.6) is 0 Å². The second-order valence-corrected chi connectivity index (χ2v) is 6.09. The second-order valence-electron chi connectivity index (χ2n) is 6.09. The summed E-state index contributed by atoms with van der Waals surface area (Å²) in [7, 11) is 0. The standard InChI is InChI=1S/C13H9F16N/c1-2-3-4-30-6(9(15,16)17)5(7(14,10(18,19)20)11(21,22)23)8(30,12(24,25)26)13(27,28)29/h2-4H2,1H3. The van der Waals surface area contributed by atoms with Crippen LogP contribution in [0.2, 0.25) is 0 Å². The van der Waals surface area contributed by atoms with Crippen LogP contribution in [-0.4, -0.2) is 53.5 Å². The number of alkyl halides is 16. The lowest BCUT2D eigenvalue weighted by Gasteiger charge is -2.59. The third-order valence-corrected chi connectivity index (χ3v) is 4.22. The maximum absolute atomic E-state index is 14.2. The summed E-state index contributed by atoms with van der Waals surface area (Å²) in [5.74, 6) is 0. The fourth-order valence-corrected chi connectivity index (χ4v) is 3.05. The molecule has 0 aliphatic carbocycles. The van der Waals surface area contributed by atoms with E-state index in [1.54, 1.807) is 0 Å². The van der Waals surface area contributed by atoms with Crippen molar-refractivity contribution in [3.8, 4) is 0 Å². The van der Waals surface area contributed by atoms with Gasteiger partial charge in [0.1, 0.15) is 5.70 Å². The summed E-state index contributed by atoms with van der Waals surface area (Å²) >= 11 is 0. The number of allylic oxidation sites excluding steroid dienone is 1. The van der Waals surface area contributed by atoms with Crippen molar-refractivity contribution in [1.82, 2.24) is 4.90 Å². The SMILES string of the molecule is CCCCN1C(C(F)(F)F)=C(C(F)(C(F)(F)F)C(F)(F)F)C1(C(F)(F)F)C(F)(F)F. The highest BCUT2D eigenvalue weighted by Crippen LogP contribution is 2.69. The van der Waals surface area contributed by atoms with Gasteiger partial charge in [-0.3, -0.25) is 0 Å². The second kappa shape index (κ2) is 6.97.